The minimum absolute atomic E-state index is 0. The molecule has 11 unspecified atom stereocenters. The molecular formula is C54H88N12O24. The average molecular weight is 1290 g/mol. The first kappa shape index (κ1) is 75.9. The number of carbonyl (C=O) groups excluding carboxylic acids is 14. The Balaban J connectivity index is -0.00000460. The van der Waals surface area contributed by atoms with Crippen molar-refractivity contribution in [1.82, 2.24) is 58.5 Å². The van der Waals surface area contributed by atoms with E-state index in [4.69, 9.17) is 10.5 Å². The molecule has 1 saturated heterocycles. The fourth-order valence-corrected chi connectivity index (χ4v) is 8.47. The molecule has 0 spiro atoms. The van der Waals surface area contributed by atoms with E-state index < -0.39 is 231 Å². The van der Waals surface area contributed by atoms with Crippen molar-refractivity contribution in [3.05, 3.63) is 29.8 Å². The zero-order valence-corrected chi connectivity index (χ0v) is 49.8. The summed E-state index contributed by atoms with van der Waals surface area (Å²) in [6.45, 7) is 3.63. The molecule has 36 nitrogen and oxygen atoms in total. The Hall–Kier alpha value is -10.2. The van der Waals surface area contributed by atoms with Crippen molar-refractivity contribution in [2.75, 3.05) is 25.4 Å². The van der Waals surface area contributed by atoms with E-state index >= 15 is 0 Å². The number of aliphatic hydroxyl groups is 1. The summed E-state index contributed by atoms with van der Waals surface area (Å²) in [4.78, 5) is 238. The Kier molecular flexibility index (Phi) is 31.1. The Morgan fingerprint density at radius 3 is 1.68 bits per heavy atom. The van der Waals surface area contributed by atoms with Gasteiger partial charge < -0.3 is 99.3 Å². The number of cyclic esters (lactones) is 1. The Morgan fingerprint density at radius 1 is 0.611 bits per heavy atom. The van der Waals surface area contributed by atoms with E-state index in [1.165, 1.54) is 31.2 Å². The number of nitrogens with one attached hydrogen (secondary N) is 11. The van der Waals surface area contributed by atoms with Gasteiger partial charge >= 0.3 is 29.8 Å². The van der Waals surface area contributed by atoms with Gasteiger partial charge in [0.25, 0.3) is 0 Å². The van der Waals surface area contributed by atoms with Gasteiger partial charge in [-0.1, -0.05) is 45.7 Å². The van der Waals surface area contributed by atoms with E-state index in [-0.39, 0.29) is 39.1 Å². The van der Waals surface area contributed by atoms with Crippen LogP contribution in [0.1, 0.15) is 118 Å². The van der Waals surface area contributed by atoms with E-state index in [9.17, 15) is 112 Å². The fourth-order valence-electron chi connectivity index (χ4n) is 8.47. The van der Waals surface area contributed by atoms with Crippen LogP contribution in [0.3, 0.4) is 0 Å². The molecular weight excluding hydrogens is 1200 g/mol. The number of benzene rings is 1. The second kappa shape index (κ2) is 36.9. The third kappa shape index (κ3) is 26.0. The number of carbonyl (C=O) groups is 18. The number of nitrogen functional groups attached to an aromatic ring is 1. The number of aliphatic hydroxyl groups excluding tert-OH is 1. The minimum Gasteiger partial charge on any atom is -0.481 e. The van der Waals surface area contributed by atoms with Crippen molar-refractivity contribution < 1.29 is 125 Å². The highest BCUT2D eigenvalue weighted by Gasteiger charge is 2.40. The molecule has 1 aromatic carbocycles. The van der Waals surface area contributed by atoms with Crippen LogP contribution in [0.4, 0.5) is 5.69 Å². The van der Waals surface area contributed by atoms with Gasteiger partial charge in [0.1, 0.15) is 66.3 Å². The van der Waals surface area contributed by atoms with E-state index in [1.54, 1.807) is 6.92 Å². The third-order valence-corrected chi connectivity index (χ3v) is 13.3. The molecule has 36 heteroatoms. The number of rotatable bonds is 22. The predicted octanol–water partition coefficient (Wildman–Crippen LogP) is -4.79. The molecule has 2 rings (SSSR count). The lowest BCUT2D eigenvalue weighted by Crippen LogP contribution is -2.61. The summed E-state index contributed by atoms with van der Waals surface area (Å²) in [7, 11) is 0. The number of anilines is 1. The lowest BCUT2D eigenvalue weighted by Gasteiger charge is -2.30. The molecule has 0 radical (unpaired) electrons. The van der Waals surface area contributed by atoms with Crippen molar-refractivity contribution in [3.63, 3.8) is 0 Å². The van der Waals surface area contributed by atoms with Gasteiger partial charge in [0.15, 0.2) is 5.78 Å². The molecule has 1 aliphatic heterocycles. The molecule has 1 heterocycles. The van der Waals surface area contributed by atoms with Gasteiger partial charge in [0.2, 0.25) is 65.0 Å². The number of esters is 1. The molecule has 0 aliphatic carbocycles. The summed E-state index contributed by atoms with van der Waals surface area (Å²) in [5.41, 5.74) is 5.65. The van der Waals surface area contributed by atoms with Crippen molar-refractivity contribution in [2.45, 2.75) is 160 Å². The smallest absolute Gasteiger partial charge is 0.329 e. The van der Waals surface area contributed by atoms with Crippen molar-refractivity contribution in [2.24, 2.45) is 11.8 Å². The Bertz CT molecular complexity index is 2940. The van der Waals surface area contributed by atoms with Crippen LogP contribution in [0.2, 0.25) is 0 Å². The van der Waals surface area contributed by atoms with Crippen LogP contribution < -0.4 is 64.2 Å². The van der Waals surface area contributed by atoms with Gasteiger partial charge in [-0.15, -0.1) is 0 Å². The minimum atomic E-state index is -2.26. The van der Waals surface area contributed by atoms with Gasteiger partial charge in [0.05, 0.1) is 45.4 Å². The van der Waals surface area contributed by atoms with Crippen molar-refractivity contribution in [1.29, 1.82) is 0 Å². The van der Waals surface area contributed by atoms with Crippen molar-refractivity contribution >= 4 is 112 Å². The summed E-state index contributed by atoms with van der Waals surface area (Å²) < 4.78 is 5.59. The van der Waals surface area contributed by atoms with Crippen LogP contribution in [0, 0.1) is 11.8 Å². The average Bonchev–Trinajstić information content (AvgIpc) is 0.967. The first-order valence-electron chi connectivity index (χ1n) is 27.9. The molecule has 18 N–H and O–H groups in total. The van der Waals surface area contributed by atoms with Gasteiger partial charge in [0, 0.05) is 38.6 Å². The number of hydrogen-bond acceptors (Lipinski definition) is 21. The molecule has 0 aromatic heterocycles. The van der Waals surface area contributed by atoms with Crippen molar-refractivity contribution in [3.8, 4) is 0 Å². The van der Waals surface area contributed by atoms with E-state index in [0.29, 0.717) is 6.42 Å². The molecule has 0 bridgehead atoms. The molecule has 508 valence electrons. The van der Waals surface area contributed by atoms with Crippen LogP contribution in [0.15, 0.2) is 24.3 Å². The highest BCUT2D eigenvalue weighted by Crippen LogP contribution is 2.18. The maximum absolute atomic E-state index is 14.5. The number of hydrogen-bond donors (Lipinski definition) is 17. The number of unbranched alkanes of at least 4 members (excludes halogenated alkanes) is 1. The summed E-state index contributed by atoms with van der Waals surface area (Å²) in [5, 5.41) is 72.3. The number of Topliss-reactive ketones (excluding diaryl/α,β-unsaturated/α-hetero) is 2. The third-order valence-electron chi connectivity index (χ3n) is 13.3. The fraction of sp³-hybridized carbons (Fsp3) is 0.556. The lowest BCUT2D eigenvalue weighted by molar-refractivity contribution is -0.156. The lowest BCUT2D eigenvalue weighted by atomic mass is 9.96. The van der Waals surface area contributed by atoms with E-state index in [0.717, 1.165) is 27.7 Å². The number of nitrogens with two attached hydrogens (primary N) is 1. The SMILES string of the molecule is CCCCC1NC(=O)CNC(=O)C(NC(=O)C(CC(=O)O)NC(=O)[C@@H](C)CC(C)=O)C(C)OC(=O)C(CC(=O)c2ccccc2N)NC(=O)C(C(C)CC(=O)O)NC(=O)C(CO)NC(=O)CNC(=O)C(CC(=O)O)NC(=O)C(C)NC(=O)C(CC(=O)O)NC1=O.[HH].[HH].[HH].[HH].[HH].[HH]. The first-order chi connectivity index (χ1) is 42.1. The number of aliphatic carboxylic acids is 4. The maximum Gasteiger partial charge on any atom is 0.329 e. The molecule has 1 aliphatic rings. The first-order valence-corrected chi connectivity index (χ1v) is 27.9. The summed E-state index contributed by atoms with van der Waals surface area (Å²) in [6, 6.07) is -12.8. The van der Waals surface area contributed by atoms with Crippen LogP contribution in [-0.4, -0.2) is 212 Å². The number of carboxylic acids is 4. The molecule has 11 amide bonds. The summed E-state index contributed by atoms with van der Waals surface area (Å²) in [6.07, 6.45) is -7.55. The van der Waals surface area contributed by atoms with Crippen LogP contribution >= 0.6 is 0 Å². The monoisotopic (exact) mass is 1290 g/mol. The topological polar surface area (TPSA) is 576 Å². The van der Waals surface area contributed by atoms with Crippen LogP contribution in [0.5, 0.6) is 0 Å². The zero-order chi connectivity index (χ0) is 68.3. The zero-order valence-electron chi connectivity index (χ0n) is 49.8. The quantitative estimate of drug-likeness (QED) is 0.0294. The number of ether oxygens (including phenoxy) is 1. The summed E-state index contributed by atoms with van der Waals surface area (Å²) in [5.74, 6) is -26.7. The maximum atomic E-state index is 14.5. The number of ketones is 2. The normalized spacial score (nSPS) is 23.5. The number of para-hydroxylation sites is 1. The molecule has 90 heavy (non-hydrogen) atoms. The van der Waals surface area contributed by atoms with Crippen LogP contribution in [0.25, 0.3) is 0 Å². The number of carboxylic acid groups (broad SMARTS) is 4. The highest BCUT2D eigenvalue weighted by molar-refractivity contribution is 6.04. The van der Waals surface area contributed by atoms with Gasteiger partial charge in [-0.2, -0.15) is 0 Å². The van der Waals surface area contributed by atoms with Gasteiger partial charge in [-0.3, -0.25) is 76.7 Å². The molecule has 12 atom stereocenters. The molecule has 1 fully saturated rings. The van der Waals surface area contributed by atoms with Crippen LogP contribution in [-0.2, 0) is 86.2 Å². The number of amides is 11. The standard InChI is InChI=1S/C54H76N12O24.6H2/c1-7-8-13-30-48(83)63-32(18-41(76)77)49(84)58-26(5)46(81)62-31(17-40(74)75)47(82)56-20-38(71)60-35(22-67)51(86)65-43(23(2)15-39(72)73)53(88)64-34(16-36(69)28-11-9-10-12-29(28)55)54(89)90-27(6)44(52(87)57-21-37(70)59-30)66-50(85)33(19-42(78)79)61-45(80)24(3)14-25(4)68;;;;;;/h9-12,23-24,26-27,30-35,43-44,67H,7-8,13-22,55H2,1-6H3,(H,56,82)(H,57,87)(H,58,84)(H,59,70)(H,60,71)(H,61,80)(H,62,81)(H,63,83)(H,64,88)(H,65,86)(H,66,85)(H,72,73)(H,74,75)(H,76,77)(H,78,79);6*1H/t23?,24-,26?,27?,30?,31?,32?,33?,34?,35?,43?,44?;;;;;;/m0....../s1. The second-order valence-corrected chi connectivity index (χ2v) is 21.0. The largest absolute Gasteiger partial charge is 0.481 e. The molecule has 0 saturated carbocycles. The summed E-state index contributed by atoms with van der Waals surface area (Å²) >= 11 is 0. The predicted molar refractivity (Wildman–Crippen MR) is 316 cm³/mol. The second-order valence-electron chi connectivity index (χ2n) is 21.0. The van der Waals surface area contributed by atoms with Gasteiger partial charge in [-0.25, -0.2) is 4.79 Å². The Morgan fingerprint density at radius 2 is 1.13 bits per heavy atom. The Labute approximate surface area is 521 Å². The van der Waals surface area contributed by atoms with E-state index in [1.807, 2.05) is 16.0 Å². The van der Waals surface area contributed by atoms with Gasteiger partial charge in [-0.05, 0) is 45.2 Å². The highest BCUT2D eigenvalue weighted by atomic mass is 16.5. The molecule has 1 aromatic rings. The van der Waals surface area contributed by atoms with E-state index in [2.05, 4.69) is 42.5 Å².